The van der Waals surface area contributed by atoms with Crippen molar-refractivity contribution in [2.75, 3.05) is 26.2 Å². The van der Waals surface area contributed by atoms with Crippen LogP contribution in [0.3, 0.4) is 0 Å². The summed E-state index contributed by atoms with van der Waals surface area (Å²) in [6.45, 7) is 0. The summed E-state index contributed by atoms with van der Waals surface area (Å²) < 4.78 is 55.9. The van der Waals surface area contributed by atoms with E-state index in [1.807, 2.05) is 0 Å². The van der Waals surface area contributed by atoms with E-state index >= 15 is 0 Å². The van der Waals surface area contributed by atoms with E-state index in [2.05, 4.69) is 9.84 Å². The number of nitrogens with zero attached hydrogens (tertiary/aromatic N) is 3. The molecule has 0 spiro atoms. The standard InChI is InChI=1S/C17H16F3N3O4S/c1-25-8-12(15(24)27-3)13-14(17(18,19)20)23-16(28-13)22(9-21-23)10-4-6-11(26-2)7-5-10/h4-9,16H,1-3H3/b12-8-. The van der Waals surface area contributed by atoms with Gasteiger partial charge in [0.2, 0.25) is 0 Å². The Morgan fingerprint density at radius 1 is 1.21 bits per heavy atom. The number of anilines is 1. The van der Waals surface area contributed by atoms with Crippen LogP contribution in [-0.4, -0.2) is 50.3 Å². The Morgan fingerprint density at radius 3 is 2.43 bits per heavy atom. The van der Waals surface area contributed by atoms with Gasteiger partial charge in [-0.05, 0) is 24.3 Å². The molecule has 0 N–H and O–H groups in total. The SMILES string of the molecule is CO/C=C(\C(=O)OC)C1=C(C(F)(F)F)N2N=CN(c3ccc(OC)cc3)C2S1. The molecule has 0 aliphatic carbocycles. The number of hydrogen-bond acceptors (Lipinski definition) is 8. The third-order valence-corrected chi connectivity index (χ3v) is 5.23. The molecule has 0 aromatic heterocycles. The minimum Gasteiger partial charge on any atom is -0.503 e. The number of carbonyl (C=O) groups excluding carboxylic acids is 1. The first-order valence-electron chi connectivity index (χ1n) is 7.87. The number of benzene rings is 1. The highest BCUT2D eigenvalue weighted by atomic mass is 32.2. The van der Waals surface area contributed by atoms with Gasteiger partial charge in [-0.15, -0.1) is 0 Å². The first-order valence-corrected chi connectivity index (χ1v) is 8.75. The number of esters is 1. The molecule has 1 aromatic carbocycles. The Balaban J connectivity index is 2.00. The fraction of sp³-hybridized carbons (Fsp3) is 0.294. The van der Waals surface area contributed by atoms with Gasteiger partial charge in [0.25, 0.3) is 0 Å². The van der Waals surface area contributed by atoms with Crippen LogP contribution in [-0.2, 0) is 14.3 Å². The number of rotatable bonds is 5. The van der Waals surface area contributed by atoms with Crippen molar-refractivity contribution in [1.29, 1.82) is 0 Å². The van der Waals surface area contributed by atoms with Crippen molar-refractivity contribution in [1.82, 2.24) is 5.01 Å². The van der Waals surface area contributed by atoms with Gasteiger partial charge in [0.1, 0.15) is 17.7 Å². The maximum Gasteiger partial charge on any atom is 0.434 e. The van der Waals surface area contributed by atoms with E-state index in [-0.39, 0.29) is 10.5 Å². The number of halogens is 3. The molecule has 0 amide bonds. The molecule has 0 radical (unpaired) electrons. The van der Waals surface area contributed by atoms with Gasteiger partial charge in [-0.2, -0.15) is 18.3 Å². The molecular formula is C17H16F3N3O4S. The quantitative estimate of drug-likeness (QED) is 0.416. The van der Waals surface area contributed by atoms with Crippen molar-refractivity contribution in [3.05, 3.63) is 46.7 Å². The third-order valence-electron chi connectivity index (χ3n) is 3.94. The van der Waals surface area contributed by atoms with Crippen LogP contribution < -0.4 is 9.64 Å². The second-order valence-corrected chi connectivity index (χ2v) is 6.62. The highest BCUT2D eigenvalue weighted by molar-refractivity contribution is 8.04. The van der Waals surface area contributed by atoms with Gasteiger partial charge >= 0.3 is 12.1 Å². The second kappa shape index (κ2) is 7.66. The number of methoxy groups -OCH3 is 3. The van der Waals surface area contributed by atoms with Gasteiger partial charge in [0.15, 0.2) is 11.2 Å². The molecule has 2 aliphatic heterocycles. The molecule has 0 bridgehead atoms. The predicted molar refractivity (Wildman–Crippen MR) is 97.4 cm³/mol. The van der Waals surface area contributed by atoms with Gasteiger partial charge in [0.05, 0.1) is 32.5 Å². The second-order valence-electron chi connectivity index (χ2n) is 5.56. The van der Waals surface area contributed by atoms with E-state index in [1.165, 1.54) is 20.6 Å². The monoisotopic (exact) mass is 415 g/mol. The summed E-state index contributed by atoms with van der Waals surface area (Å²) in [5, 5.41) is 4.74. The van der Waals surface area contributed by atoms with Crippen LogP contribution in [0.25, 0.3) is 0 Å². The average molecular weight is 415 g/mol. The zero-order valence-electron chi connectivity index (χ0n) is 15.1. The van der Waals surface area contributed by atoms with Gasteiger partial charge in [-0.3, -0.25) is 4.90 Å². The fourth-order valence-electron chi connectivity index (χ4n) is 2.70. The summed E-state index contributed by atoms with van der Waals surface area (Å²) in [5.41, 5.74) is -1.63. The van der Waals surface area contributed by atoms with Crippen LogP contribution in [0.4, 0.5) is 18.9 Å². The van der Waals surface area contributed by atoms with Crippen molar-refractivity contribution in [2.45, 2.75) is 11.7 Å². The van der Waals surface area contributed by atoms with E-state index in [1.54, 1.807) is 29.2 Å². The van der Waals surface area contributed by atoms with Crippen molar-refractivity contribution in [3.8, 4) is 5.75 Å². The minimum absolute atomic E-state index is 0.318. The van der Waals surface area contributed by atoms with Gasteiger partial charge in [-0.25, -0.2) is 9.80 Å². The molecule has 11 heteroatoms. The minimum atomic E-state index is -4.74. The molecule has 28 heavy (non-hydrogen) atoms. The summed E-state index contributed by atoms with van der Waals surface area (Å²) in [6, 6.07) is 6.78. The van der Waals surface area contributed by atoms with Crippen LogP contribution in [0.15, 0.2) is 51.8 Å². The summed E-state index contributed by atoms with van der Waals surface area (Å²) in [6.07, 6.45) is -2.51. The van der Waals surface area contributed by atoms with Crippen LogP contribution in [0.5, 0.6) is 5.75 Å². The molecule has 7 nitrogen and oxygen atoms in total. The predicted octanol–water partition coefficient (Wildman–Crippen LogP) is 3.27. The number of hydrazone groups is 1. The molecule has 0 saturated heterocycles. The Morgan fingerprint density at radius 2 is 1.89 bits per heavy atom. The molecule has 150 valence electrons. The first-order chi connectivity index (χ1) is 13.3. The third kappa shape index (κ3) is 3.49. The smallest absolute Gasteiger partial charge is 0.434 e. The van der Waals surface area contributed by atoms with E-state index in [4.69, 9.17) is 9.47 Å². The molecule has 0 saturated carbocycles. The summed E-state index contributed by atoms with van der Waals surface area (Å²) >= 11 is 0.827. The van der Waals surface area contributed by atoms with Crippen molar-refractivity contribution in [2.24, 2.45) is 5.10 Å². The Hall–Kier alpha value is -2.82. The number of allylic oxidation sites excluding steroid dienone is 1. The van der Waals surface area contributed by atoms with Crippen molar-refractivity contribution in [3.63, 3.8) is 0 Å². The number of hydrogen-bond donors (Lipinski definition) is 0. The summed E-state index contributed by atoms with van der Waals surface area (Å²) in [5.74, 6) is -0.325. The lowest BCUT2D eigenvalue weighted by atomic mass is 10.2. The molecule has 0 fully saturated rings. The highest BCUT2D eigenvalue weighted by Gasteiger charge is 2.53. The molecule has 1 atom stereocenters. The Kier molecular flexibility index (Phi) is 5.45. The average Bonchev–Trinajstić information content (AvgIpc) is 3.24. The molecule has 2 heterocycles. The maximum absolute atomic E-state index is 13.8. The first kappa shape index (κ1) is 19.9. The number of alkyl halides is 3. The maximum atomic E-state index is 13.8. The zero-order valence-corrected chi connectivity index (χ0v) is 15.9. The topological polar surface area (TPSA) is 63.6 Å². The Labute approximate surface area is 163 Å². The van der Waals surface area contributed by atoms with Crippen LogP contribution >= 0.6 is 11.8 Å². The van der Waals surface area contributed by atoms with Crippen molar-refractivity contribution >= 4 is 29.8 Å². The lowest BCUT2D eigenvalue weighted by Crippen LogP contribution is -2.36. The molecule has 1 unspecified atom stereocenters. The highest BCUT2D eigenvalue weighted by Crippen LogP contribution is 2.51. The van der Waals surface area contributed by atoms with E-state index < -0.39 is 23.3 Å². The van der Waals surface area contributed by atoms with Crippen molar-refractivity contribution < 1.29 is 32.2 Å². The van der Waals surface area contributed by atoms with Gasteiger partial charge < -0.3 is 14.2 Å². The molecular weight excluding hydrogens is 399 g/mol. The zero-order chi connectivity index (χ0) is 20.5. The number of ether oxygens (including phenoxy) is 3. The van der Waals surface area contributed by atoms with E-state index in [0.29, 0.717) is 11.4 Å². The van der Waals surface area contributed by atoms with Gasteiger partial charge in [0, 0.05) is 5.69 Å². The van der Waals surface area contributed by atoms with E-state index in [9.17, 15) is 18.0 Å². The normalized spacial score (nSPS) is 19.2. The lowest BCUT2D eigenvalue weighted by Gasteiger charge is -2.25. The van der Waals surface area contributed by atoms with Crippen LogP contribution in [0.1, 0.15) is 0 Å². The lowest BCUT2D eigenvalue weighted by molar-refractivity contribution is -0.135. The summed E-state index contributed by atoms with van der Waals surface area (Å²) in [7, 11) is 3.84. The summed E-state index contributed by atoms with van der Waals surface area (Å²) in [4.78, 5) is 13.3. The molecule has 3 rings (SSSR count). The van der Waals surface area contributed by atoms with Crippen LogP contribution in [0.2, 0.25) is 0 Å². The fourth-order valence-corrected chi connectivity index (χ4v) is 4.04. The molecule has 2 aliphatic rings. The Bertz CT molecular complexity index is 852. The number of carbonyl (C=O) groups is 1. The van der Waals surface area contributed by atoms with Crippen LogP contribution in [0, 0.1) is 0 Å². The van der Waals surface area contributed by atoms with E-state index in [0.717, 1.165) is 30.1 Å². The number of fused-ring (bicyclic) bond motifs is 1. The largest absolute Gasteiger partial charge is 0.503 e. The number of thioether (sulfide) groups is 1. The molecule has 1 aromatic rings. The van der Waals surface area contributed by atoms with Gasteiger partial charge in [-0.1, -0.05) is 11.8 Å².